The molecule has 0 fully saturated rings. The van der Waals surface area contributed by atoms with Gasteiger partial charge in [-0.1, -0.05) is 0 Å². The van der Waals surface area contributed by atoms with Gasteiger partial charge < -0.3 is 5.11 Å². The number of hydrogen-bond acceptors (Lipinski definition) is 4. The Morgan fingerprint density at radius 2 is 2.00 bits per heavy atom. The first-order chi connectivity index (χ1) is 9.38. The van der Waals surface area contributed by atoms with Gasteiger partial charge in [-0.3, -0.25) is 15.0 Å². The minimum absolute atomic E-state index is 0.164. The number of hydrogen-bond donors (Lipinski definition) is 2. The Hall–Kier alpha value is -2.44. The van der Waals surface area contributed by atoms with Crippen LogP contribution in [-0.2, 0) is 6.54 Å². The van der Waals surface area contributed by atoms with Gasteiger partial charge in [-0.05, 0) is 32.9 Å². The molecule has 106 valence electrons. The van der Waals surface area contributed by atoms with Crippen LogP contribution in [0.2, 0.25) is 0 Å². The first kappa shape index (κ1) is 14.0. The van der Waals surface area contributed by atoms with Gasteiger partial charge in [0.25, 0.3) is 0 Å². The summed E-state index contributed by atoms with van der Waals surface area (Å²) in [6.45, 7) is 5.67. The van der Waals surface area contributed by atoms with Crippen LogP contribution in [0.4, 0.5) is 4.79 Å². The molecule has 0 saturated carbocycles. The van der Waals surface area contributed by atoms with Crippen molar-refractivity contribution >= 4 is 6.09 Å². The van der Waals surface area contributed by atoms with Crippen molar-refractivity contribution in [3.63, 3.8) is 0 Å². The maximum atomic E-state index is 11.3. The molecule has 20 heavy (non-hydrogen) atoms. The number of carbonyl (C=O) groups is 1. The minimum Gasteiger partial charge on any atom is -0.465 e. The van der Waals surface area contributed by atoms with Gasteiger partial charge in [0.1, 0.15) is 5.82 Å². The lowest BCUT2D eigenvalue weighted by Gasteiger charge is -2.32. The van der Waals surface area contributed by atoms with E-state index in [1.807, 2.05) is 20.8 Å². The molecule has 0 spiro atoms. The average Bonchev–Trinajstić information content (AvgIpc) is 2.84. The number of rotatable bonds is 3. The van der Waals surface area contributed by atoms with E-state index in [4.69, 9.17) is 0 Å². The van der Waals surface area contributed by atoms with E-state index in [0.29, 0.717) is 11.6 Å². The van der Waals surface area contributed by atoms with Gasteiger partial charge in [0.05, 0.1) is 6.54 Å². The van der Waals surface area contributed by atoms with Gasteiger partial charge in [0.2, 0.25) is 0 Å². The smallest absolute Gasteiger partial charge is 0.408 e. The number of nitrogens with zero attached hydrogens (tertiary/aromatic N) is 4. The number of nitrogens with one attached hydrogen (secondary N) is 1. The largest absolute Gasteiger partial charge is 0.465 e. The van der Waals surface area contributed by atoms with Gasteiger partial charge in [-0.15, -0.1) is 0 Å². The highest BCUT2D eigenvalue weighted by atomic mass is 16.4. The minimum atomic E-state index is -0.987. The number of H-pyrrole nitrogens is 1. The maximum absolute atomic E-state index is 11.3. The fraction of sp³-hybridized carbons (Fsp3) is 0.385. The summed E-state index contributed by atoms with van der Waals surface area (Å²) in [7, 11) is 0. The summed E-state index contributed by atoms with van der Waals surface area (Å²) in [5.41, 5.74) is 0.329. The average molecular weight is 275 g/mol. The number of amides is 1. The highest BCUT2D eigenvalue weighted by Gasteiger charge is 2.27. The molecule has 0 aliphatic heterocycles. The molecule has 0 saturated heterocycles. The molecular weight excluding hydrogens is 258 g/mol. The third-order valence-corrected chi connectivity index (χ3v) is 2.82. The lowest BCUT2D eigenvalue weighted by Crippen LogP contribution is -2.44. The zero-order chi connectivity index (χ0) is 14.8. The third-order valence-electron chi connectivity index (χ3n) is 2.82. The number of pyridine rings is 1. The van der Waals surface area contributed by atoms with Crippen LogP contribution >= 0.6 is 0 Å². The first-order valence-electron chi connectivity index (χ1n) is 6.20. The monoisotopic (exact) mass is 275 g/mol. The lowest BCUT2D eigenvalue weighted by atomic mass is 10.1. The predicted octanol–water partition coefficient (Wildman–Crippen LogP) is 2.15. The van der Waals surface area contributed by atoms with Gasteiger partial charge in [0, 0.05) is 23.5 Å². The molecule has 7 heteroatoms. The first-order valence-corrected chi connectivity index (χ1v) is 6.20. The Labute approximate surface area is 116 Å². The molecule has 2 N–H and O–H groups in total. The van der Waals surface area contributed by atoms with E-state index < -0.39 is 11.6 Å². The van der Waals surface area contributed by atoms with Crippen LogP contribution in [0.15, 0.2) is 24.5 Å². The van der Waals surface area contributed by atoms with Crippen LogP contribution in [0.3, 0.4) is 0 Å². The molecule has 0 bridgehead atoms. The van der Waals surface area contributed by atoms with Gasteiger partial charge >= 0.3 is 6.09 Å². The number of aromatic amines is 1. The molecule has 0 aliphatic rings. The fourth-order valence-corrected chi connectivity index (χ4v) is 1.74. The van der Waals surface area contributed by atoms with Crippen LogP contribution in [0.25, 0.3) is 11.4 Å². The molecular formula is C13H17N5O2. The third kappa shape index (κ3) is 3.11. The van der Waals surface area contributed by atoms with Crippen molar-refractivity contribution < 1.29 is 9.90 Å². The van der Waals surface area contributed by atoms with Crippen molar-refractivity contribution in [2.75, 3.05) is 0 Å². The highest BCUT2D eigenvalue weighted by molar-refractivity contribution is 5.66. The summed E-state index contributed by atoms with van der Waals surface area (Å²) >= 11 is 0. The highest BCUT2D eigenvalue weighted by Crippen LogP contribution is 2.18. The fourth-order valence-electron chi connectivity index (χ4n) is 1.74. The lowest BCUT2D eigenvalue weighted by molar-refractivity contribution is 0.0938. The summed E-state index contributed by atoms with van der Waals surface area (Å²) in [4.78, 5) is 20.8. The van der Waals surface area contributed by atoms with E-state index in [9.17, 15) is 9.90 Å². The molecule has 0 radical (unpaired) electrons. The van der Waals surface area contributed by atoms with E-state index >= 15 is 0 Å². The van der Waals surface area contributed by atoms with Crippen LogP contribution in [-0.4, -0.2) is 41.8 Å². The van der Waals surface area contributed by atoms with Crippen molar-refractivity contribution in [3.05, 3.63) is 30.4 Å². The SMILES string of the molecule is CC(C)(C)N(Cc1nc(-c2ccncc2)n[nH]1)C(=O)O. The Bertz CT molecular complexity index is 588. The molecule has 7 nitrogen and oxygen atoms in total. The van der Waals surface area contributed by atoms with Crippen LogP contribution in [0.1, 0.15) is 26.6 Å². The van der Waals surface area contributed by atoms with E-state index in [-0.39, 0.29) is 6.54 Å². The summed E-state index contributed by atoms with van der Waals surface area (Å²) < 4.78 is 0. The zero-order valence-corrected chi connectivity index (χ0v) is 11.7. The Balaban J connectivity index is 2.19. The second-order valence-corrected chi connectivity index (χ2v) is 5.38. The van der Waals surface area contributed by atoms with Crippen molar-refractivity contribution in [2.45, 2.75) is 32.9 Å². The number of aromatic nitrogens is 4. The van der Waals surface area contributed by atoms with Gasteiger partial charge in [-0.2, -0.15) is 5.10 Å². The quantitative estimate of drug-likeness (QED) is 0.894. The summed E-state index contributed by atoms with van der Waals surface area (Å²) in [6, 6.07) is 3.59. The molecule has 0 aliphatic carbocycles. The molecule has 2 heterocycles. The van der Waals surface area contributed by atoms with Crippen LogP contribution in [0.5, 0.6) is 0 Å². The molecule has 0 aromatic carbocycles. The van der Waals surface area contributed by atoms with Gasteiger partial charge in [0.15, 0.2) is 5.82 Å². The summed E-state index contributed by atoms with van der Waals surface area (Å²) in [6.07, 6.45) is 2.33. The second kappa shape index (κ2) is 5.28. The maximum Gasteiger partial charge on any atom is 0.408 e. The summed E-state index contributed by atoms with van der Waals surface area (Å²) in [5.74, 6) is 1.04. The van der Waals surface area contributed by atoms with E-state index in [1.165, 1.54) is 4.90 Å². The normalized spacial score (nSPS) is 11.3. The van der Waals surface area contributed by atoms with Crippen LogP contribution in [0, 0.1) is 0 Å². The van der Waals surface area contributed by atoms with E-state index in [1.54, 1.807) is 24.5 Å². The standard InChI is InChI=1S/C13H17N5O2/c1-13(2,3)18(12(19)20)8-10-15-11(17-16-10)9-4-6-14-7-5-9/h4-7H,8H2,1-3H3,(H,19,20)(H,15,16,17). The zero-order valence-electron chi connectivity index (χ0n) is 11.7. The van der Waals surface area contributed by atoms with E-state index in [0.717, 1.165) is 5.56 Å². The summed E-state index contributed by atoms with van der Waals surface area (Å²) in [5, 5.41) is 16.1. The topological polar surface area (TPSA) is 95.0 Å². The Morgan fingerprint density at radius 3 is 2.55 bits per heavy atom. The van der Waals surface area contributed by atoms with Crippen molar-refractivity contribution in [3.8, 4) is 11.4 Å². The molecule has 2 aromatic rings. The van der Waals surface area contributed by atoms with E-state index in [2.05, 4.69) is 20.2 Å². The van der Waals surface area contributed by atoms with Crippen LogP contribution < -0.4 is 0 Å². The molecule has 0 atom stereocenters. The van der Waals surface area contributed by atoms with Crippen molar-refractivity contribution in [1.29, 1.82) is 0 Å². The molecule has 2 rings (SSSR count). The van der Waals surface area contributed by atoms with Crippen molar-refractivity contribution in [1.82, 2.24) is 25.1 Å². The van der Waals surface area contributed by atoms with Crippen molar-refractivity contribution in [2.24, 2.45) is 0 Å². The second-order valence-electron chi connectivity index (χ2n) is 5.38. The predicted molar refractivity (Wildman–Crippen MR) is 72.9 cm³/mol. The molecule has 1 amide bonds. The Kier molecular flexibility index (Phi) is 3.69. The Morgan fingerprint density at radius 1 is 1.35 bits per heavy atom. The molecule has 2 aromatic heterocycles. The van der Waals surface area contributed by atoms with Gasteiger partial charge in [-0.25, -0.2) is 9.78 Å². The number of carboxylic acid groups (broad SMARTS) is 1. The molecule has 0 unspecified atom stereocenters.